The average Bonchev–Trinajstić information content (AvgIpc) is 2.82. The standard InChI is InChI=1S/C15H15Cl2F2N3O2/c1-21(7-12(18)19)6-10-11(16)4-3-8(13(10)17)14(23)9-5-20-22(2)15(9)24/h3-5,12,24H,6-7H2,1-2H3. The minimum absolute atomic E-state index is 0.00592. The zero-order valence-corrected chi connectivity index (χ0v) is 14.4. The van der Waals surface area contributed by atoms with E-state index in [0.717, 1.165) is 4.68 Å². The summed E-state index contributed by atoms with van der Waals surface area (Å²) in [5, 5.41) is 14.0. The van der Waals surface area contributed by atoms with Crippen LogP contribution in [0.4, 0.5) is 8.78 Å². The van der Waals surface area contributed by atoms with Crippen molar-refractivity contribution < 1.29 is 18.7 Å². The summed E-state index contributed by atoms with van der Waals surface area (Å²) >= 11 is 12.4. The number of carbonyl (C=O) groups is 1. The molecule has 0 spiro atoms. The number of aromatic hydroxyl groups is 1. The maximum absolute atomic E-state index is 12.6. The fourth-order valence-corrected chi connectivity index (χ4v) is 2.80. The molecule has 0 aliphatic rings. The van der Waals surface area contributed by atoms with Gasteiger partial charge in [0.2, 0.25) is 11.7 Å². The minimum Gasteiger partial charge on any atom is -0.493 e. The van der Waals surface area contributed by atoms with Crippen LogP contribution in [0.1, 0.15) is 21.5 Å². The molecular formula is C15H15Cl2F2N3O2. The predicted octanol–water partition coefficient (Wildman–Crippen LogP) is 3.36. The van der Waals surface area contributed by atoms with Crippen molar-refractivity contribution in [1.29, 1.82) is 0 Å². The summed E-state index contributed by atoms with van der Waals surface area (Å²) in [6.45, 7) is -0.392. The van der Waals surface area contributed by atoms with Crippen LogP contribution in [0.15, 0.2) is 18.3 Å². The van der Waals surface area contributed by atoms with Gasteiger partial charge in [0.05, 0.1) is 17.8 Å². The Morgan fingerprint density at radius 2 is 2.04 bits per heavy atom. The lowest BCUT2D eigenvalue weighted by Gasteiger charge is -2.19. The smallest absolute Gasteiger partial charge is 0.251 e. The molecule has 0 saturated heterocycles. The molecule has 0 atom stereocenters. The third-order valence-electron chi connectivity index (χ3n) is 3.46. The Kier molecular flexibility index (Phi) is 5.79. The fourth-order valence-electron chi connectivity index (χ4n) is 2.22. The topological polar surface area (TPSA) is 58.4 Å². The van der Waals surface area contributed by atoms with Gasteiger partial charge in [-0.05, 0) is 19.2 Å². The summed E-state index contributed by atoms with van der Waals surface area (Å²) in [4.78, 5) is 13.9. The molecule has 1 aromatic heterocycles. The SMILES string of the molecule is CN(Cc1c(Cl)ccc(C(=O)c2cnn(C)c2O)c1Cl)CC(F)F. The predicted molar refractivity (Wildman–Crippen MR) is 87.1 cm³/mol. The number of carbonyl (C=O) groups excluding carboxylic acids is 1. The lowest BCUT2D eigenvalue weighted by molar-refractivity contribution is 0.0972. The van der Waals surface area contributed by atoms with Gasteiger partial charge in [-0.1, -0.05) is 23.2 Å². The lowest BCUT2D eigenvalue weighted by Crippen LogP contribution is -2.24. The number of halogens is 4. The van der Waals surface area contributed by atoms with Crippen molar-refractivity contribution in [2.75, 3.05) is 13.6 Å². The van der Waals surface area contributed by atoms with E-state index < -0.39 is 18.8 Å². The Morgan fingerprint density at radius 1 is 1.38 bits per heavy atom. The molecule has 9 heteroatoms. The molecule has 0 unspecified atom stereocenters. The van der Waals surface area contributed by atoms with Crippen molar-refractivity contribution in [1.82, 2.24) is 14.7 Å². The zero-order chi connectivity index (χ0) is 18.0. The van der Waals surface area contributed by atoms with E-state index in [1.807, 2.05) is 0 Å². The average molecular weight is 378 g/mol. The van der Waals surface area contributed by atoms with E-state index in [4.69, 9.17) is 23.2 Å². The number of hydrogen-bond acceptors (Lipinski definition) is 4. The van der Waals surface area contributed by atoms with Crippen LogP contribution < -0.4 is 0 Å². The van der Waals surface area contributed by atoms with Gasteiger partial charge in [0.15, 0.2) is 0 Å². The quantitative estimate of drug-likeness (QED) is 0.784. The van der Waals surface area contributed by atoms with Crippen molar-refractivity contribution in [3.05, 3.63) is 45.1 Å². The normalized spacial score (nSPS) is 11.5. The largest absolute Gasteiger partial charge is 0.493 e. The highest BCUT2D eigenvalue weighted by Gasteiger charge is 2.23. The number of benzene rings is 1. The lowest BCUT2D eigenvalue weighted by atomic mass is 10.0. The Morgan fingerprint density at radius 3 is 2.58 bits per heavy atom. The summed E-state index contributed by atoms with van der Waals surface area (Å²) in [6.07, 6.45) is -1.27. The number of aryl methyl sites for hydroxylation is 1. The number of nitrogens with zero attached hydrogens (tertiary/aromatic N) is 3. The van der Waals surface area contributed by atoms with E-state index in [2.05, 4.69) is 5.10 Å². The van der Waals surface area contributed by atoms with E-state index >= 15 is 0 Å². The molecule has 1 aromatic carbocycles. The van der Waals surface area contributed by atoms with Crippen LogP contribution >= 0.6 is 23.2 Å². The third-order valence-corrected chi connectivity index (χ3v) is 4.25. The van der Waals surface area contributed by atoms with E-state index in [1.165, 1.54) is 37.3 Å². The summed E-state index contributed by atoms with van der Waals surface area (Å²) in [5.74, 6) is -0.817. The van der Waals surface area contributed by atoms with Gasteiger partial charge in [0, 0.05) is 29.7 Å². The van der Waals surface area contributed by atoms with Crippen LogP contribution in [0.2, 0.25) is 10.0 Å². The molecule has 0 bridgehead atoms. The van der Waals surface area contributed by atoms with E-state index in [-0.39, 0.29) is 33.6 Å². The zero-order valence-electron chi connectivity index (χ0n) is 12.9. The van der Waals surface area contributed by atoms with Crippen LogP contribution in [0.5, 0.6) is 5.88 Å². The fraction of sp³-hybridized carbons (Fsp3) is 0.333. The second kappa shape index (κ2) is 7.46. The van der Waals surface area contributed by atoms with Crippen LogP contribution in [-0.4, -0.2) is 45.6 Å². The van der Waals surface area contributed by atoms with E-state index in [0.29, 0.717) is 5.56 Å². The van der Waals surface area contributed by atoms with Crippen molar-refractivity contribution in [2.24, 2.45) is 7.05 Å². The van der Waals surface area contributed by atoms with E-state index in [9.17, 15) is 18.7 Å². The first-order chi connectivity index (χ1) is 11.2. The van der Waals surface area contributed by atoms with Gasteiger partial charge in [-0.15, -0.1) is 0 Å². The monoisotopic (exact) mass is 377 g/mol. The summed E-state index contributed by atoms with van der Waals surface area (Å²) < 4.78 is 26.1. The second-order valence-corrected chi connectivity index (χ2v) is 6.10. The first-order valence-electron chi connectivity index (χ1n) is 6.91. The first kappa shape index (κ1) is 18.6. The van der Waals surface area contributed by atoms with Crippen molar-refractivity contribution in [2.45, 2.75) is 13.0 Å². The summed E-state index contributed by atoms with van der Waals surface area (Å²) in [5.41, 5.74) is 0.481. The number of aromatic nitrogens is 2. The summed E-state index contributed by atoms with van der Waals surface area (Å²) in [7, 11) is 2.99. The second-order valence-electron chi connectivity index (χ2n) is 5.31. The van der Waals surface area contributed by atoms with Crippen molar-refractivity contribution >= 4 is 29.0 Å². The molecule has 0 amide bonds. The van der Waals surface area contributed by atoms with Crippen LogP contribution in [0.25, 0.3) is 0 Å². The van der Waals surface area contributed by atoms with Gasteiger partial charge in [0.25, 0.3) is 6.43 Å². The van der Waals surface area contributed by atoms with Crippen molar-refractivity contribution in [3.63, 3.8) is 0 Å². The number of ketones is 1. The van der Waals surface area contributed by atoms with Crippen LogP contribution in [-0.2, 0) is 13.6 Å². The molecule has 130 valence electrons. The van der Waals surface area contributed by atoms with Gasteiger partial charge >= 0.3 is 0 Å². The Hall–Kier alpha value is -1.70. The molecule has 0 aliphatic heterocycles. The van der Waals surface area contributed by atoms with Gasteiger partial charge in [-0.3, -0.25) is 9.69 Å². The Labute approximate surface area is 147 Å². The number of alkyl halides is 2. The molecule has 2 rings (SSSR count). The molecule has 2 aromatic rings. The van der Waals surface area contributed by atoms with Crippen LogP contribution in [0.3, 0.4) is 0 Å². The molecule has 0 saturated carbocycles. The molecule has 1 heterocycles. The highest BCUT2D eigenvalue weighted by molar-refractivity contribution is 6.38. The summed E-state index contributed by atoms with van der Waals surface area (Å²) in [6, 6.07) is 2.90. The molecule has 0 radical (unpaired) electrons. The third kappa shape index (κ3) is 3.85. The van der Waals surface area contributed by atoms with Crippen LogP contribution in [0, 0.1) is 0 Å². The number of hydrogen-bond donors (Lipinski definition) is 1. The Bertz CT molecular complexity index is 765. The molecular weight excluding hydrogens is 363 g/mol. The molecule has 0 aliphatic carbocycles. The highest BCUT2D eigenvalue weighted by atomic mass is 35.5. The van der Waals surface area contributed by atoms with Gasteiger partial charge in [-0.2, -0.15) is 5.10 Å². The first-order valence-corrected chi connectivity index (χ1v) is 7.67. The van der Waals surface area contributed by atoms with Gasteiger partial charge in [0.1, 0.15) is 5.56 Å². The highest BCUT2D eigenvalue weighted by Crippen LogP contribution is 2.32. The van der Waals surface area contributed by atoms with Gasteiger partial charge in [-0.25, -0.2) is 13.5 Å². The molecule has 5 nitrogen and oxygen atoms in total. The molecule has 24 heavy (non-hydrogen) atoms. The maximum Gasteiger partial charge on any atom is 0.251 e. The maximum atomic E-state index is 12.6. The van der Waals surface area contributed by atoms with Gasteiger partial charge < -0.3 is 5.11 Å². The van der Waals surface area contributed by atoms with E-state index in [1.54, 1.807) is 0 Å². The van der Waals surface area contributed by atoms with Crippen molar-refractivity contribution in [3.8, 4) is 5.88 Å². The molecule has 1 N–H and O–H groups in total. The number of rotatable bonds is 6. The minimum atomic E-state index is -2.50. The Balaban J connectivity index is 2.37. The molecule has 0 fully saturated rings.